The fourth-order valence-corrected chi connectivity index (χ4v) is 3.09. The summed E-state index contributed by atoms with van der Waals surface area (Å²) in [5, 5.41) is 3.45. The van der Waals surface area contributed by atoms with Crippen LogP contribution in [0.5, 0.6) is 0 Å². The highest BCUT2D eigenvalue weighted by atomic mass is 14.9. The second-order valence-electron chi connectivity index (χ2n) is 5.61. The first-order chi connectivity index (χ1) is 6.56. The van der Waals surface area contributed by atoms with Crippen molar-refractivity contribution in [2.75, 3.05) is 7.05 Å². The van der Waals surface area contributed by atoms with Gasteiger partial charge in [0.05, 0.1) is 0 Å². The Balaban J connectivity index is 2.60. The first-order valence-corrected chi connectivity index (χ1v) is 6.23. The van der Waals surface area contributed by atoms with Crippen LogP contribution in [0.25, 0.3) is 0 Å². The molecule has 1 aliphatic carbocycles. The summed E-state index contributed by atoms with van der Waals surface area (Å²) >= 11 is 0. The Hall–Kier alpha value is -0.0400. The lowest BCUT2D eigenvalue weighted by molar-refractivity contribution is 0.115. The van der Waals surface area contributed by atoms with Crippen LogP contribution >= 0.6 is 0 Å². The Morgan fingerprint density at radius 3 is 1.93 bits per heavy atom. The van der Waals surface area contributed by atoms with Crippen LogP contribution in [0.4, 0.5) is 0 Å². The van der Waals surface area contributed by atoms with Gasteiger partial charge in [0.25, 0.3) is 0 Å². The molecule has 1 nitrogen and oxygen atoms in total. The van der Waals surface area contributed by atoms with Crippen molar-refractivity contribution in [2.24, 2.45) is 23.7 Å². The first-order valence-electron chi connectivity index (χ1n) is 6.23. The van der Waals surface area contributed by atoms with Crippen LogP contribution in [-0.4, -0.2) is 13.1 Å². The molecule has 1 fully saturated rings. The van der Waals surface area contributed by atoms with Gasteiger partial charge >= 0.3 is 0 Å². The van der Waals surface area contributed by atoms with Gasteiger partial charge < -0.3 is 5.32 Å². The quantitative estimate of drug-likeness (QED) is 0.732. The highest BCUT2D eigenvalue weighted by Gasteiger charge is 2.33. The minimum absolute atomic E-state index is 0.775. The van der Waals surface area contributed by atoms with Gasteiger partial charge in [-0.25, -0.2) is 0 Å². The molecule has 84 valence electrons. The van der Waals surface area contributed by atoms with E-state index in [9.17, 15) is 0 Å². The Bertz CT molecular complexity index is 163. The van der Waals surface area contributed by atoms with E-state index in [2.05, 4.69) is 40.1 Å². The minimum atomic E-state index is 0.775. The Morgan fingerprint density at radius 1 is 0.929 bits per heavy atom. The molecule has 0 saturated heterocycles. The van der Waals surface area contributed by atoms with E-state index in [-0.39, 0.29) is 0 Å². The Labute approximate surface area is 89.7 Å². The van der Waals surface area contributed by atoms with Crippen molar-refractivity contribution in [1.82, 2.24) is 5.32 Å². The third-order valence-corrected chi connectivity index (χ3v) is 4.08. The molecule has 1 heteroatoms. The minimum Gasteiger partial charge on any atom is -0.317 e. The first kappa shape index (κ1) is 12.0. The lowest BCUT2D eigenvalue weighted by Crippen LogP contribution is -2.39. The summed E-state index contributed by atoms with van der Waals surface area (Å²) < 4.78 is 0. The molecular weight excluding hydrogens is 170 g/mol. The summed E-state index contributed by atoms with van der Waals surface area (Å²) in [5.41, 5.74) is 0. The molecule has 14 heavy (non-hydrogen) atoms. The third kappa shape index (κ3) is 2.73. The molecule has 0 aromatic heterocycles. The summed E-state index contributed by atoms with van der Waals surface area (Å²) in [6.07, 6.45) is 4.19. The van der Waals surface area contributed by atoms with Crippen LogP contribution in [0.15, 0.2) is 0 Å². The summed E-state index contributed by atoms with van der Waals surface area (Å²) in [6, 6.07) is 0.775. The lowest BCUT2D eigenvalue weighted by Gasteiger charge is -2.40. The molecule has 0 spiro atoms. The molecule has 1 aliphatic rings. The highest BCUT2D eigenvalue weighted by Crippen LogP contribution is 2.39. The second-order valence-corrected chi connectivity index (χ2v) is 5.61. The van der Waals surface area contributed by atoms with Crippen molar-refractivity contribution in [3.05, 3.63) is 0 Å². The van der Waals surface area contributed by atoms with Crippen LogP contribution < -0.4 is 5.32 Å². The molecule has 0 radical (unpaired) electrons. The Kier molecular flexibility index (Phi) is 4.43. The van der Waals surface area contributed by atoms with Gasteiger partial charge in [0, 0.05) is 6.04 Å². The molecule has 1 N–H and O–H groups in total. The van der Waals surface area contributed by atoms with Crippen LogP contribution in [0, 0.1) is 23.7 Å². The molecule has 0 heterocycles. The van der Waals surface area contributed by atoms with Crippen molar-refractivity contribution in [3.63, 3.8) is 0 Å². The van der Waals surface area contributed by atoms with Gasteiger partial charge in [-0.3, -0.25) is 0 Å². The zero-order valence-electron chi connectivity index (χ0n) is 10.5. The number of hydrogen-bond donors (Lipinski definition) is 1. The van der Waals surface area contributed by atoms with Crippen LogP contribution in [0.2, 0.25) is 0 Å². The molecule has 0 aliphatic heterocycles. The maximum Gasteiger partial charge on any atom is 0.00670 e. The Morgan fingerprint density at radius 2 is 1.50 bits per heavy atom. The van der Waals surface area contributed by atoms with Gasteiger partial charge in [0.1, 0.15) is 0 Å². The van der Waals surface area contributed by atoms with Crippen LogP contribution in [0.1, 0.15) is 47.0 Å². The van der Waals surface area contributed by atoms with Crippen molar-refractivity contribution in [2.45, 2.75) is 53.0 Å². The molecule has 1 saturated carbocycles. The van der Waals surface area contributed by atoms with E-state index < -0.39 is 0 Å². The summed E-state index contributed by atoms with van der Waals surface area (Å²) in [6.45, 7) is 9.55. The van der Waals surface area contributed by atoms with Crippen LogP contribution in [0.3, 0.4) is 0 Å². The average Bonchev–Trinajstić information content (AvgIpc) is 2.16. The number of hydrogen-bond acceptors (Lipinski definition) is 1. The van der Waals surface area contributed by atoms with E-state index in [1.807, 2.05) is 0 Å². The SMILES string of the molecule is CNC1CCC(C(C)C)C(C(C)C)C1. The monoisotopic (exact) mass is 197 g/mol. The maximum atomic E-state index is 3.45. The topological polar surface area (TPSA) is 12.0 Å². The van der Waals surface area contributed by atoms with E-state index in [0.29, 0.717) is 0 Å². The van der Waals surface area contributed by atoms with E-state index in [0.717, 1.165) is 29.7 Å². The van der Waals surface area contributed by atoms with Crippen LogP contribution in [-0.2, 0) is 0 Å². The normalized spacial score (nSPS) is 34.1. The zero-order chi connectivity index (χ0) is 10.7. The molecule has 3 atom stereocenters. The maximum absolute atomic E-state index is 3.45. The number of nitrogens with one attached hydrogen (secondary N) is 1. The summed E-state index contributed by atoms with van der Waals surface area (Å²) in [7, 11) is 2.11. The molecular formula is C13H27N. The molecule has 0 aromatic rings. The summed E-state index contributed by atoms with van der Waals surface area (Å²) in [5.74, 6) is 3.60. The van der Waals surface area contributed by atoms with Gasteiger partial charge in [0.2, 0.25) is 0 Å². The van der Waals surface area contributed by atoms with E-state index in [1.54, 1.807) is 0 Å². The molecule has 0 bridgehead atoms. The number of rotatable bonds is 3. The van der Waals surface area contributed by atoms with Gasteiger partial charge in [-0.15, -0.1) is 0 Å². The average molecular weight is 197 g/mol. The second kappa shape index (κ2) is 5.16. The zero-order valence-corrected chi connectivity index (χ0v) is 10.5. The summed E-state index contributed by atoms with van der Waals surface area (Å²) in [4.78, 5) is 0. The molecule has 3 unspecified atom stereocenters. The van der Waals surface area contributed by atoms with Crippen molar-refractivity contribution in [3.8, 4) is 0 Å². The van der Waals surface area contributed by atoms with Gasteiger partial charge in [-0.1, -0.05) is 27.7 Å². The fraction of sp³-hybridized carbons (Fsp3) is 1.00. The standard InChI is InChI=1S/C13H27N/c1-9(2)12-7-6-11(14-5)8-13(12)10(3)4/h9-14H,6-8H2,1-5H3. The largest absolute Gasteiger partial charge is 0.317 e. The van der Waals surface area contributed by atoms with E-state index >= 15 is 0 Å². The highest BCUT2D eigenvalue weighted by molar-refractivity contribution is 4.85. The predicted octanol–water partition coefficient (Wildman–Crippen LogP) is 3.30. The fourth-order valence-electron chi connectivity index (χ4n) is 3.09. The van der Waals surface area contributed by atoms with Crippen molar-refractivity contribution < 1.29 is 0 Å². The van der Waals surface area contributed by atoms with Crippen molar-refractivity contribution in [1.29, 1.82) is 0 Å². The van der Waals surface area contributed by atoms with Gasteiger partial charge in [-0.05, 0) is 50.0 Å². The smallest absolute Gasteiger partial charge is 0.00670 e. The van der Waals surface area contributed by atoms with Gasteiger partial charge in [0.15, 0.2) is 0 Å². The molecule has 0 amide bonds. The molecule has 0 aromatic carbocycles. The van der Waals surface area contributed by atoms with E-state index in [4.69, 9.17) is 0 Å². The van der Waals surface area contributed by atoms with Gasteiger partial charge in [-0.2, -0.15) is 0 Å². The van der Waals surface area contributed by atoms with E-state index in [1.165, 1.54) is 19.3 Å². The molecule has 1 rings (SSSR count). The predicted molar refractivity (Wildman–Crippen MR) is 63.4 cm³/mol. The third-order valence-electron chi connectivity index (χ3n) is 4.08. The van der Waals surface area contributed by atoms with Crippen molar-refractivity contribution >= 4 is 0 Å². The lowest BCUT2D eigenvalue weighted by atomic mass is 9.67.